The number of azide groups is 1. The fraction of sp³-hybridized carbons (Fsp3) is 0.455. The van der Waals surface area contributed by atoms with Gasteiger partial charge in [-0.1, -0.05) is 65.8 Å². The molecule has 0 N–H and O–H groups in total. The Morgan fingerprint density at radius 3 is 2.14 bits per heavy atom. The normalized spacial score (nSPS) is 23.2. The van der Waals surface area contributed by atoms with Gasteiger partial charge < -0.3 is 18.9 Å². The highest BCUT2D eigenvalue weighted by atomic mass is 32.2. The number of benzene rings is 2. The maximum absolute atomic E-state index is 13.1. The van der Waals surface area contributed by atoms with Crippen LogP contribution in [0.5, 0.6) is 0 Å². The number of methoxy groups -OCH3 is 1. The second-order valence-corrected chi connectivity index (χ2v) is 9.24. The van der Waals surface area contributed by atoms with Crippen molar-refractivity contribution in [2.45, 2.75) is 49.4 Å². The van der Waals surface area contributed by atoms with Gasteiger partial charge in [0.25, 0.3) is 0 Å². The van der Waals surface area contributed by atoms with E-state index in [9.17, 15) is 21.6 Å². The van der Waals surface area contributed by atoms with E-state index in [1.165, 1.54) is 0 Å². The van der Waals surface area contributed by atoms with Crippen molar-refractivity contribution in [3.63, 3.8) is 0 Å². The lowest BCUT2D eigenvalue weighted by Crippen LogP contribution is -2.46. The van der Waals surface area contributed by atoms with Crippen LogP contribution in [0.2, 0.25) is 0 Å². The number of ether oxygens (including phenoxy) is 4. The second-order valence-electron chi connectivity index (χ2n) is 7.68. The van der Waals surface area contributed by atoms with Crippen LogP contribution in [0, 0.1) is 0 Å². The molecule has 2 aromatic rings. The summed E-state index contributed by atoms with van der Waals surface area (Å²) < 4.78 is 90.1. The molecule has 0 aromatic heterocycles. The molecule has 1 fully saturated rings. The summed E-state index contributed by atoms with van der Waals surface area (Å²) in [4.78, 5) is 2.71. The summed E-state index contributed by atoms with van der Waals surface area (Å²) in [5.41, 5.74) is 4.57. The molecule has 36 heavy (non-hydrogen) atoms. The summed E-state index contributed by atoms with van der Waals surface area (Å²) in [5, 5.41) is 3.51. The van der Waals surface area contributed by atoms with E-state index in [-0.39, 0.29) is 19.8 Å². The molecule has 0 radical (unpaired) electrons. The van der Waals surface area contributed by atoms with Crippen LogP contribution < -0.4 is 0 Å². The minimum Gasteiger partial charge on any atom is -0.371 e. The molecule has 0 unspecified atom stereocenters. The van der Waals surface area contributed by atoms with Gasteiger partial charge in [-0.05, 0) is 16.7 Å². The molecule has 3 rings (SSSR count). The Morgan fingerprint density at radius 2 is 1.61 bits per heavy atom. The predicted molar refractivity (Wildman–Crippen MR) is 120 cm³/mol. The molecular formula is C22H24F3N3O7S. The van der Waals surface area contributed by atoms with E-state index in [1.807, 2.05) is 0 Å². The first-order valence-corrected chi connectivity index (χ1v) is 12.1. The van der Waals surface area contributed by atoms with Gasteiger partial charge in [0.15, 0.2) is 12.4 Å². The standard InChI is InChI=1S/C22H24F3N3O7S/c1-31-21-20(35-36(29,30)22(23,24)25)19(33-14-16-10-6-3-7-11-16)18(34-21)17(12-27-28-26)32-13-15-8-4-2-5-9-15/h2-11,17-21H,12-14H2,1H3/t17-,18+,19-,20+,21+/m0/s1. The summed E-state index contributed by atoms with van der Waals surface area (Å²) in [7, 11) is -4.91. The van der Waals surface area contributed by atoms with E-state index >= 15 is 0 Å². The Labute approximate surface area is 205 Å². The lowest BCUT2D eigenvalue weighted by Gasteiger charge is -2.28. The molecule has 1 aliphatic heterocycles. The molecule has 196 valence electrons. The molecule has 0 saturated carbocycles. The summed E-state index contributed by atoms with van der Waals surface area (Å²) in [5.74, 6) is 0. The molecule has 1 heterocycles. The van der Waals surface area contributed by atoms with Crippen molar-refractivity contribution in [3.05, 3.63) is 82.2 Å². The summed E-state index contributed by atoms with van der Waals surface area (Å²) in [6, 6.07) is 17.6. The first-order chi connectivity index (χ1) is 17.2. The Morgan fingerprint density at radius 1 is 1.03 bits per heavy atom. The molecule has 0 aliphatic carbocycles. The Balaban J connectivity index is 1.91. The first-order valence-electron chi connectivity index (χ1n) is 10.7. The minimum absolute atomic E-state index is 0.0434. The van der Waals surface area contributed by atoms with Gasteiger partial charge >= 0.3 is 15.6 Å². The molecule has 5 atom stereocenters. The van der Waals surface area contributed by atoms with Gasteiger partial charge in [0.05, 0.1) is 25.9 Å². The van der Waals surface area contributed by atoms with Gasteiger partial charge in [-0.15, -0.1) is 0 Å². The Bertz CT molecular complexity index is 1120. The van der Waals surface area contributed by atoms with E-state index in [4.69, 9.17) is 24.5 Å². The Hall–Kier alpha value is -2.71. The van der Waals surface area contributed by atoms with Gasteiger partial charge in [-0.25, -0.2) is 0 Å². The smallest absolute Gasteiger partial charge is 0.371 e. The number of hydrogen-bond donors (Lipinski definition) is 0. The van der Waals surface area contributed by atoms with Crippen LogP contribution >= 0.6 is 0 Å². The minimum atomic E-state index is -6.02. The number of hydrogen-bond acceptors (Lipinski definition) is 8. The monoisotopic (exact) mass is 531 g/mol. The summed E-state index contributed by atoms with van der Waals surface area (Å²) >= 11 is 0. The van der Waals surface area contributed by atoms with Crippen molar-refractivity contribution in [3.8, 4) is 0 Å². The third-order valence-corrected chi connectivity index (χ3v) is 6.29. The van der Waals surface area contributed by atoms with Crippen molar-refractivity contribution < 1.29 is 44.7 Å². The molecule has 0 bridgehead atoms. The van der Waals surface area contributed by atoms with Crippen molar-refractivity contribution in [2.24, 2.45) is 5.11 Å². The number of alkyl halides is 3. The van der Waals surface area contributed by atoms with Crippen LogP contribution in [0.1, 0.15) is 11.1 Å². The molecule has 0 amide bonds. The highest BCUT2D eigenvalue weighted by Crippen LogP contribution is 2.35. The van der Waals surface area contributed by atoms with Gasteiger partial charge in [-0.2, -0.15) is 21.6 Å². The molecule has 14 heteroatoms. The van der Waals surface area contributed by atoms with Crippen LogP contribution in [0.15, 0.2) is 65.8 Å². The van der Waals surface area contributed by atoms with E-state index in [0.717, 1.165) is 12.7 Å². The molecule has 0 spiro atoms. The van der Waals surface area contributed by atoms with Crippen LogP contribution in [0.4, 0.5) is 13.2 Å². The van der Waals surface area contributed by atoms with Crippen molar-refractivity contribution >= 4 is 10.1 Å². The van der Waals surface area contributed by atoms with Crippen molar-refractivity contribution in [1.29, 1.82) is 0 Å². The lowest BCUT2D eigenvalue weighted by atomic mass is 10.0. The average Bonchev–Trinajstić information content (AvgIpc) is 3.19. The van der Waals surface area contributed by atoms with E-state index in [0.29, 0.717) is 5.56 Å². The zero-order chi connectivity index (χ0) is 26.2. The number of nitrogens with zero attached hydrogens (tertiary/aromatic N) is 3. The van der Waals surface area contributed by atoms with Crippen LogP contribution in [0.3, 0.4) is 0 Å². The SMILES string of the molecule is CO[C@@H]1O[C@H]([C@H](CN=[N+]=[N-])OCc2ccccc2)[C@H](OCc2ccccc2)[C@H]1OS(=O)(=O)C(F)(F)F. The van der Waals surface area contributed by atoms with Crippen molar-refractivity contribution in [1.82, 2.24) is 0 Å². The first kappa shape index (κ1) is 27.9. The third kappa shape index (κ3) is 7.17. The zero-order valence-corrected chi connectivity index (χ0v) is 19.8. The van der Waals surface area contributed by atoms with Crippen LogP contribution in [-0.2, 0) is 46.5 Å². The van der Waals surface area contributed by atoms with Crippen LogP contribution in [-0.4, -0.2) is 58.3 Å². The maximum Gasteiger partial charge on any atom is 0.523 e. The van der Waals surface area contributed by atoms with Crippen LogP contribution in [0.25, 0.3) is 10.4 Å². The highest BCUT2D eigenvalue weighted by Gasteiger charge is 2.56. The quantitative estimate of drug-likeness (QED) is 0.133. The highest BCUT2D eigenvalue weighted by molar-refractivity contribution is 7.87. The lowest BCUT2D eigenvalue weighted by molar-refractivity contribution is -0.169. The second kappa shape index (κ2) is 12.5. The molecule has 10 nitrogen and oxygen atoms in total. The molecule has 1 saturated heterocycles. The topological polar surface area (TPSA) is 129 Å². The summed E-state index contributed by atoms with van der Waals surface area (Å²) in [6.07, 6.45) is -7.03. The number of rotatable bonds is 12. The molecule has 2 aromatic carbocycles. The largest absolute Gasteiger partial charge is 0.523 e. The average molecular weight is 532 g/mol. The van der Waals surface area contributed by atoms with Gasteiger partial charge in [0, 0.05) is 12.0 Å². The maximum atomic E-state index is 13.1. The van der Waals surface area contributed by atoms with E-state index < -0.39 is 46.3 Å². The predicted octanol–water partition coefficient (Wildman–Crippen LogP) is 4.07. The van der Waals surface area contributed by atoms with E-state index in [2.05, 4.69) is 14.2 Å². The van der Waals surface area contributed by atoms with Crippen molar-refractivity contribution in [2.75, 3.05) is 13.7 Å². The fourth-order valence-electron chi connectivity index (χ4n) is 3.54. The number of halogens is 3. The zero-order valence-electron chi connectivity index (χ0n) is 19.0. The van der Waals surface area contributed by atoms with Gasteiger partial charge in [0.1, 0.15) is 12.2 Å². The fourth-order valence-corrected chi connectivity index (χ4v) is 4.15. The summed E-state index contributed by atoms with van der Waals surface area (Å²) in [6.45, 7) is -0.350. The third-order valence-electron chi connectivity index (χ3n) is 5.24. The van der Waals surface area contributed by atoms with E-state index in [1.54, 1.807) is 60.7 Å². The van der Waals surface area contributed by atoms with Gasteiger partial charge in [-0.3, -0.25) is 4.18 Å². The van der Waals surface area contributed by atoms with Gasteiger partial charge in [0.2, 0.25) is 0 Å². The molecular weight excluding hydrogens is 507 g/mol. The molecule has 1 aliphatic rings. The Kier molecular flexibility index (Phi) is 9.68.